The Balaban J connectivity index is 3.51. The summed E-state index contributed by atoms with van der Waals surface area (Å²) in [4.78, 5) is 7.37. The number of hydrogen-bond donors (Lipinski definition) is 1. The first kappa shape index (κ1) is 7.70. The van der Waals surface area contributed by atoms with E-state index >= 15 is 0 Å². The molecule has 0 aromatic carbocycles. The van der Waals surface area contributed by atoms with E-state index in [0.717, 1.165) is 0 Å². The molecular weight excluding hydrogens is 114 g/mol. The van der Waals surface area contributed by atoms with Crippen LogP contribution < -0.4 is 5.73 Å². The Kier molecular flexibility index (Phi) is 4.15. The summed E-state index contributed by atoms with van der Waals surface area (Å²) in [6, 6.07) is 0. The van der Waals surface area contributed by atoms with Crippen molar-refractivity contribution in [1.82, 2.24) is 0 Å². The molecule has 0 aromatic rings. The summed E-state index contributed by atoms with van der Waals surface area (Å²) in [6.45, 7) is 2.04. The smallest absolute Gasteiger partial charge is 0.113 e. The quantitative estimate of drug-likeness (QED) is 0.314. The molecule has 0 bridgehead atoms. The van der Waals surface area contributed by atoms with Crippen LogP contribution in [-0.2, 0) is 0 Å². The normalized spacial score (nSPS) is 11.8. The molecule has 0 saturated heterocycles. The van der Waals surface area contributed by atoms with E-state index in [9.17, 15) is 0 Å². The summed E-state index contributed by atoms with van der Waals surface area (Å²) in [6.07, 6.45) is 6.26. The van der Waals surface area contributed by atoms with E-state index in [2.05, 4.69) is 15.9 Å². The van der Waals surface area contributed by atoms with Gasteiger partial charge in [-0.2, -0.15) is 0 Å². The molecule has 3 nitrogen and oxygen atoms in total. The van der Waals surface area contributed by atoms with Gasteiger partial charge < -0.3 is 5.73 Å². The lowest BCUT2D eigenvalue weighted by Crippen LogP contribution is -2.04. The van der Waals surface area contributed by atoms with Gasteiger partial charge in [-0.25, -0.2) is 4.99 Å². The fourth-order valence-corrected chi connectivity index (χ4v) is 0.225. The third-order valence-electron chi connectivity index (χ3n) is 0.526. The Morgan fingerprint density at radius 3 is 3.00 bits per heavy atom. The number of rotatable bonds is 2. The Labute approximate surface area is 54.7 Å². The van der Waals surface area contributed by atoms with Crippen molar-refractivity contribution in [3.63, 3.8) is 0 Å². The summed E-state index contributed by atoms with van der Waals surface area (Å²) in [7, 11) is 0. The molecule has 0 saturated carbocycles. The highest BCUT2D eigenvalue weighted by molar-refractivity contribution is 5.85. The maximum absolute atomic E-state index is 5.18. The van der Waals surface area contributed by atoms with Crippen molar-refractivity contribution in [2.45, 2.75) is 6.92 Å². The van der Waals surface area contributed by atoms with Crippen LogP contribution in [0.25, 0.3) is 0 Å². The fourth-order valence-electron chi connectivity index (χ4n) is 0.225. The molecule has 3 heteroatoms. The first-order valence-electron chi connectivity index (χ1n) is 2.49. The highest BCUT2D eigenvalue weighted by Gasteiger charge is 1.70. The zero-order valence-electron chi connectivity index (χ0n) is 5.33. The lowest BCUT2D eigenvalue weighted by Gasteiger charge is -1.80. The van der Waals surface area contributed by atoms with E-state index in [1.807, 2.05) is 0 Å². The fraction of sp³-hybridized carbons (Fsp3) is 0.333. The van der Waals surface area contributed by atoms with Crippen molar-refractivity contribution < 1.29 is 0 Å². The van der Waals surface area contributed by atoms with Gasteiger partial charge in [-0.15, -0.1) is 6.42 Å². The van der Waals surface area contributed by atoms with Gasteiger partial charge in [0, 0.05) is 0 Å². The summed E-state index contributed by atoms with van der Waals surface area (Å²) in [5, 5.41) is 0. The number of nitrogens with two attached hydrogens (primary N) is 1. The van der Waals surface area contributed by atoms with Gasteiger partial charge in [0.2, 0.25) is 0 Å². The maximum Gasteiger partial charge on any atom is 0.113 e. The lowest BCUT2D eigenvalue weighted by atomic mass is 10.7. The average molecular weight is 123 g/mol. The number of amidine groups is 1. The molecule has 0 rings (SSSR count). The SMILES string of the molecule is C#CC/N=C\N=C(\C)N. The van der Waals surface area contributed by atoms with E-state index < -0.39 is 0 Å². The average Bonchev–Trinajstić information content (AvgIpc) is 1.80. The zero-order chi connectivity index (χ0) is 7.11. The number of terminal acetylenes is 1. The molecule has 2 N–H and O–H groups in total. The number of aliphatic imine (C=N–C) groups is 2. The second-order valence-electron chi connectivity index (χ2n) is 1.43. The van der Waals surface area contributed by atoms with Gasteiger partial charge in [0.25, 0.3) is 0 Å². The van der Waals surface area contributed by atoms with Crippen LogP contribution in [0.2, 0.25) is 0 Å². The van der Waals surface area contributed by atoms with Gasteiger partial charge >= 0.3 is 0 Å². The van der Waals surface area contributed by atoms with Gasteiger partial charge in [-0.1, -0.05) is 5.92 Å². The van der Waals surface area contributed by atoms with Gasteiger partial charge in [0.05, 0.1) is 5.84 Å². The Morgan fingerprint density at radius 2 is 2.56 bits per heavy atom. The molecule has 0 unspecified atom stereocenters. The van der Waals surface area contributed by atoms with Crippen molar-refractivity contribution in [1.29, 1.82) is 0 Å². The van der Waals surface area contributed by atoms with Gasteiger partial charge in [0.15, 0.2) is 0 Å². The molecule has 0 aliphatic heterocycles. The topological polar surface area (TPSA) is 50.7 Å². The van der Waals surface area contributed by atoms with Gasteiger partial charge in [-0.05, 0) is 6.92 Å². The minimum atomic E-state index is 0.358. The first-order chi connectivity index (χ1) is 4.27. The standard InChI is InChI=1S/C6H9N3/c1-3-4-8-5-9-6(2)7/h1,5H,4H2,2H3,(H2,7,8,9). The molecule has 0 heterocycles. The molecule has 0 fully saturated rings. The van der Waals surface area contributed by atoms with E-state index in [1.165, 1.54) is 6.34 Å². The Hall–Kier alpha value is -1.30. The van der Waals surface area contributed by atoms with Gasteiger partial charge in [0.1, 0.15) is 12.9 Å². The van der Waals surface area contributed by atoms with E-state index in [1.54, 1.807) is 6.92 Å². The van der Waals surface area contributed by atoms with Crippen LogP contribution in [0.5, 0.6) is 0 Å². The van der Waals surface area contributed by atoms with Crippen molar-refractivity contribution in [3.8, 4) is 12.3 Å². The van der Waals surface area contributed by atoms with E-state index in [4.69, 9.17) is 12.2 Å². The predicted molar refractivity (Wildman–Crippen MR) is 39.5 cm³/mol. The van der Waals surface area contributed by atoms with Crippen LogP contribution in [0.3, 0.4) is 0 Å². The third-order valence-corrected chi connectivity index (χ3v) is 0.526. The van der Waals surface area contributed by atoms with Crippen LogP contribution in [0, 0.1) is 12.3 Å². The van der Waals surface area contributed by atoms with Crippen molar-refractivity contribution in [2.75, 3.05) is 6.54 Å². The molecule has 9 heavy (non-hydrogen) atoms. The van der Waals surface area contributed by atoms with Crippen molar-refractivity contribution >= 4 is 12.2 Å². The lowest BCUT2D eigenvalue weighted by molar-refractivity contribution is 1.29. The minimum Gasteiger partial charge on any atom is -0.387 e. The molecule has 0 radical (unpaired) electrons. The zero-order valence-corrected chi connectivity index (χ0v) is 5.33. The van der Waals surface area contributed by atoms with E-state index in [0.29, 0.717) is 12.4 Å². The summed E-state index contributed by atoms with van der Waals surface area (Å²) >= 11 is 0. The summed E-state index contributed by atoms with van der Waals surface area (Å²) in [5.74, 6) is 2.82. The molecule has 0 atom stereocenters. The molecule has 0 aliphatic carbocycles. The highest BCUT2D eigenvalue weighted by atomic mass is 14.9. The van der Waals surface area contributed by atoms with Crippen molar-refractivity contribution in [3.05, 3.63) is 0 Å². The maximum atomic E-state index is 5.18. The summed E-state index contributed by atoms with van der Waals surface area (Å²) < 4.78 is 0. The molecule has 0 spiro atoms. The van der Waals surface area contributed by atoms with Crippen LogP contribution >= 0.6 is 0 Å². The predicted octanol–water partition coefficient (Wildman–Crippen LogP) is 0.0250. The van der Waals surface area contributed by atoms with E-state index in [-0.39, 0.29) is 0 Å². The molecule has 48 valence electrons. The monoisotopic (exact) mass is 123 g/mol. The van der Waals surface area contributed by atoms with Crippen LogP contribution in [0.4, 0.5) is 0 Å². The first-order valence-corrected chi connectivity index (χ1v) is 2.49. The molecule has 0 amide bonds. The minimum absolute atomic E-state index is 0.358. The number of nitrogens with zero attached hydrogens (tertiary/aromatic N) is 2. The molecule has 0 aliphatic rings. The van der Waals surface area contributed by atoms with Crippen LogP contribution in [0.15, 0.2) is 9.98 Å². The van der Waals surface area contributed by atoms with Crippen molar-refractivity contribution in [2.24, 2.45) is 15.7 Å². The largest absolute Gasteiger partial charge is 0.387 e. The second kappa shape index (κ2) is 4.85. The number of hydrogen-bond acceptors (Lipinski definition) is 1. The highest BCUT2D eigenvalue weighted by Crippen LogP contribution is 1.66. The third kappa shape index (κ3) is 6.70. The van der Waals surface area contributed by atoms with Crippen LogP contribution in [-0.4, -0.2) is 18.7 Å². The molecule has 0 aromatic heterocycles. The Morgan fingerprint density at radius 1 is 1.89 bits per heavy atom. The van der Waals surface area contributed by atoms with Gasteiger partial charge in [-0.3, -0.25) is 4.99 Å². The molecular formula is C6H9N3. The second-order valence-corrected chi connectivity index (χ2v) is 1.43. The van der Waals surface area contributed by atoms with Crippen LogP contribution in [0.1, 0.15) is 6.92 Å². The summed E-state index contributed by atoms with van der Waals surface area (Å²) in [5.41, 5.74) is 5.18. The Bertz CT molecular complexity index is 158.